The first-order valence-corrected chi connectivity index (χ1v) is 8.60. The summed E-state index contributed by atoms with van der Waals surface area (Å²) in [5.74, 6) is 0.270. The Morgan fingerprint density at radius 1 is 1.27 bits per heavy atom. The monoisotopic (exact) mass is 399 g/mol. The third-order valence-electron chi connectivity index (χ3n) is 4.56. The third kappa shape index (κ3) is 4.93. The summed E-state index contributed by atoms with van der Waals surface area (Å²) >= 11 is 0. The lowest BCUT2D eigenvalue weighted by Gasteiger charge is -2.24. The molecule has 1 aliphatic rings. The van der Waals surface area contributed by atoms with Crippen molar-refractivity contribution >= 4 is 36.4 Å². The summed E-state index contributed by atoms with van der Waals surface area (Å²) in [7, 11) is 0. The van der Waals surface area contributed by atoms with E-state index in [-0.39, 0.29) is 30.7 Å². The molecule has 1 aromatic carbocycles. The van der Waals surface area contributed by atoms with Gasteiger partial charge in [0, 0.05) is 30.4 Å². The van der Waals surface area contributed by atoms with Crippen LogP contribution in [0, 0.1) is 0 Å². The summed E-state index contributed by atoms with van der Waals surface area (Å²) in [6, 6.07) is 10.8. The van der Waals surface area contributed by atoms with E-state index in [1.165, 1.54) is 11.3 Å². The Hall–Kier alpha value is -1.69. The smallest absolute Gasteiger partial charge is 0.287 e. The Morgan fingerprint density at radius 2 is 2.04 bits per heavy atom. The molecule has 1 amide bonds. The fourth-order valence-electron chi connectivity index (χ4n) is 3.27. The largest absolute Gasteiger partial charge is 0.459 e. The Kier molecular flexibility index (Phi) is 8.99. The molecule has 3 rings (SSSR count). The van der Waals surface area contributed by atoms with Crippen molar-refractivity contribution in [2.45, 2.75) is 38.8 Å². The lowest BCUT2D eigenvalue weighted by atomic mass is 10.1. The quantitative estimate of drug-likeness (QED) is 0.698. The number of nitrogens with zero attached hydrogens (tertiary/aromatic N) is 1. The molecular weight excluding hydrogens is 373 g/mol. The Balaban J connectivity index is 0.00000169. The standard InChI is InChI=1S/C19H25N3O2.2ClH/c1-14-12-15-6-2-3-7-17(15)22(14)13-16-8-11-24-18(16)19(23)21-10-5-4-9-20;;/h2-3,6-8,11,14H,4-5,9-10,12-13,20H2,1H3,(H,21,23);2*1H. The number of unbranched alkanes of at least 4 members (excludes halogenated alkanes) is 1. The van der Waals surface area contributed by atoms with Crippen molar-refractivity contribution in [3.8, 4) is 0 Å². The van der Waals surface area contributed by atoms with Crippen molar-refractivity contribution < 1.29 is 9.21 Å². The van der Waals surface area contributed by atoms with Gasteiger partial charge in [-0.2, -0.15) is 0 Å². The number of anilines is 1. The van der Waals surface area contributed by atoms with Crippen LogP contribution in [0.4, 0.5) is 5.69 Å². The molecule has 0 saturated heterocycles. The van der Waals surface area contributed by atoms with Crippen LogP contribution in [0.25, 0.3) is 0 Å². The Morgan fingerprint density at radius 3 is 2.81 bits per heavy atom. The molecule has 1 aliphatic heterocycles. The van der Waals surface area contributed by atoms with Crippen molar-refractivity contribution in [1.29, 1.82) is 0 Å². The van der Waals surface area contributed by atoms with Crippen LogP contribution >= 0.6 is 24.8 Å². The topological polar surface area (TPSA) is 71.5 Å². The van der Waals surface area contributed by atoms with Crippen LogP contribution in [-0.4, -0.2) is 25.0 Å². The summed E-state index contributed by atoms with van der Waals surface area (Å²) in [5, 5.41) is 2.91. The van der Waals surface area contributed by atoms with Crippen molar-refractivity contribution in [2.24, 2.45) is 5.73 Å². The zero-order valence-electron chi connectivity index (χ0n) is 14.9. The summed E-state index contributed by atoms with van der Waals surface area (Å²) in [6.07, 6.45) is 4.42. The van der Waals surface area contributed by atoms with E-state index in [1.54, 1.807) is 6.26 Å². The average Bonchev–Trinajstić information content (AvgIpc) is 3.17. The molecule has 0 spiro atoms. The van der Waals surface area contributed by atoms with Gasteiger partial charge in [-0.05, 0) is 50.4 Å². The van der Waals surface area contributed by atoms with Crippen LogP contribution in [0.15, 0.2) is 41.0 Å². The van der Waals surface area contributed by atoms with E-state index >= 15 is 0 Å². The lowest BCUT2D eigenvalue weighted by molar-refractivity contribution is 0.0924. The van der Waals surface area contributed by atoms with E-state index in [9.17, 15) is 4.79 Å². The molecule has 3 N–H and O–H groups in total. The van der Waals surface area contributed by atoms with E-state index < -0.39 is 0 Å². The van der Waals surface area contributed by atoms with Gasteiger partial charge in [0.1, 0.15) is 0 Å². The highest BCUT2D eigenvalue weighted by Crippen LogP contribution is 2.33. The number of carbonyl (C=O) groups is 1. The number of fused-ring (bicyclic) bond motifs is 1. The molecule has 144 valence electrons. The van der Waals surface area contributed by atoms with Gasteiger partial charge >= 0.3 is 0 Å². The molecule has 2 heterocycles. The van der Waals surface area contributed by atoms with Crippen LogP contribution < -0.4 is 16.0 Å². The second-order valence-corrected chi connectivity index (χ2v) is 6.34. The number of carbonyl (C=O) groups excluding carboxylic acids is 1. The van der Waals surface area contributed by atoms with E-state index in [1.807, 2.05) is 6.07 Å². The molecule has 1 unspecified atom stereocenters. The van der Waals surface area contributed by atoms with Gasteiger partial charge in [-0.15, -0.1) is 24.8 Å². The number of rotatable bonds is 7. The summed E-state index contributed by atoms with van der Waals surface area (Å²) in [5.41, 5.74) is 9.01. The maximum atomic E-state index is 12.3. The molecule has 0 bridgehead atoms. The fourth-order valence-corrected chi connectivity index (χ4v) is 3.27. The van der Waals surface area contributed by atoms with Crippen molar-refractivity contribution in [3.05, 3.63) is 53.5 Å². The number of furan rings is 1. The van der Waals surface area contributed by atoms with Gasteiger partial charge in [0.2, 0.25) is 0 Å². The first kappa shape index (κ1) is 22.4. The minimum atomic E-state index is -0.146. The number of halogens is 2. The number of benzene rings is 1. The fraction of sp³-hybridized carbons (Fsp3) is 0.421. The van der Waals surface area contributed by atoms with Gasteiger partial charge in [-0.25, -0.2) is 0 Å². The van der Waals surface area contributed by atoms with Gasteiger partial charge < -0.3 is 20.4 Å². The lowest BCUT2D eigenvalue weighted by Crippen LogP contribution is -2.30. The molecule has 0 saturated carbocycles. The number of hydrogen-bond acceptors (Lipinski definition) is 4. The number of amides is 1. The zero-order chi connectivity index (χ0) is 16.9. The molecule has 26 heavy (non-hydrogen) atoms. The van der Waals surface area contributed by atoms with Gasteiger partial charge in [-0.1, -0.05) is 18.2 Å². The van der Waals surface area contributed by atoms with E-state index in [0.717, 1.165) is 24.8 Å². The number of nitrogens with two attached hydrogens (primary N) is 1. The summed E-state index contributed by atoms with van der Waals surface area (Å²) in [4.78, 5) is 14.7. The SMILES string of the molecule is CC1Cc2ccccc2N1Cc1ccoc1C(=O)NCCCCN.Cl.Cl. The molecule has 0 fully saturated rings. The molecule has 1 atom stereocenters. The maximum absolute atomic E-state index is 12.3. The van der Waals surface area contributed by atoms with E-state index in [4.69, 9.17) is 10.2 Å². The van der Waals surface area contributed by atoms with Crippen LogP contribution in [-0.2, 0) is 13.0 Å². The Bertz CT molecular complexity index is 706. The number of para-hydroxylation sites is 1. The average molecular weight is 400 g/mol. The van der Waals surface area contributed by atoms with Crippen LogP contribution in [0.1, 0.15) is 41.4 Å². The van der Waals surface area contributed by atoms with Crippen LogP contribution in [0.5, 0.6) is 0 Å². The predicted octanol–water partition coefficient (Wildman–Crippen LogP) is 3.54. The van der Waals surface area contributed by atoms with Crippen molar-refractivity contribution in [2.75, 3.05) is 18.0 Å². The molecule has 0 aliphatic carbocycles. The zero-order valence-corrected chi connectivity index (χ0v) is 16.6. The summed E-state index contributed by atoms with van der Waals surface area (Å²) in [6.45, 7) is 4.17. The van der Waals surface area contributed by atoms with Crippen LogP contribution in [0.3, 0.4) is 0 Å². The second kappa shape index (κ2) is 10.5. The second-order valence-electron chi connectivity index (χ2n) is 6.34. The highest BCUT2D eigenvalue weighted by Gasteiger charge is 2.27. The number of hydrogen-bond donors (Lipinski definition) is 2. The molecule has 5 nitrogen and oxygen atoms in total. The third-order valence-corrected chi connectivity index (χ3v) is 4.56. The maximum Gasteiger partial charge on any atom is 0.287 e. The molecule has 0 radical (unpaired) electrons. The van der Waals surface area contributed by atoms with Gasteiger partial charge in [0.25, 0.3) is 5.91 Å². The highest BCUT2D eigenvalue weighted by atomic mass is 35.5. The van der Waals surface area contributed by atoms with E-state index in [2.05, 4.69) is 41.4 Å². The minimum Gasteiger partial charge on any atom is -0.459 e. The molecule has 2 aromatic rings. The highest BCUT2D eigenvalue weighted by molar-refractivity contribution is 5.93. The Labute approximate surface area is 167 Å². The van der Waals surface area contributed by atoms with Gasteiger partial charge in [0.15, 0.2) is 5.76 Å². The van der Waals surface area contributed by atoms with Gasteiger partial charge in [0.05, 0.1) is 6.26 Å². The van der Waals surface area contributed by atoms with Crippen LogP contribution in [0.2, 0.25) is 0 Å². The predicted molar refractivity (Wildman–Crippen MR) is 110 cm³/mol. The summed E-state index contributed by atoms with van der Waals surface area (Å²) < 4.78 is 5.45. The normalized spacial score (nSPS) is 15.0. The van der Waals surface area contributed by atoms with Crippen molar-refractivity contribution in [3.63, 3.8) is 0 Å². The molecular formula is C19H27Cl2N3O2. The first-order chi connectivity index (χ1) is 11.7. The molecule has 7 heteroatoms. The number of nitrogens with one attached hydrogen (secondary N) is 1. The van der Waals surface area contributed by atoms with Crippen molar-refractivity contribution in [1.82, 2.24) is 5.32 Å². The van der Waals surface area contributed by atoms with Gasteiger partial charge in [-0.3, -0.25) is 4.79 Å². The molecule has 1 aromatic heterocycles. The minimum absolute atomic E-state index is 0. The van der Waals surface area contributed by atoms with E-state index in [0.29, 0.717) is 31.4 Å². The first-order valence-electron chi connectivity index (χ1n) is 8.60.